The SMILES string of the molecule is Cn1ncc(NCC(=O)N2CCNCC2)c(Br)c1=O. The summed E-state index contributed by atoms with van der Waals surface area (Å²) in [5, 5.41) is 10.0. The molecule has 1 aliphatic rings. The van der Waals surface area contributed by atoms with Crippen molar-refractivity contribution in [3.05, 3.63) is 21.0 Å². The lowest BCUT2D eigenvalue weighted by molar-refractivity contribution is -0.129. The Morgan fingerprint density at radius 2 is 2.21 bits per heavy atom. The number of anilines is 1. The van der Waals surface area contributed by atoms with Crippen molar-refractivity contribution in [2.24, 2.45) is 7.05 Å². The first-order valence-electron chi connectivity index (χ1n) is 6.04. The van der Waals surface area contributed by atoms with Crippen LogP contribution in [0.5, 0.6) is 0 Å². The molecule has 1 fully saturated rings. The number of aryl methyl sites for hydroxylation is 1. The molecule has 0 spiro atoms. The highest BCUT2D eigenvalue weighted by atomic mass is 79.9. The average Bonchev–Trinajstić information content (AvgIpc) is 2.45. The van der Waals surface area contributed by atoms with Gasteiger partial charge in [0.2, 0.25) is 5.91 Å². The molecule has 1 aliphatic heterocycles. The van der Waals surface area contributed by atoms with Crippen LogP contribution >= 0.6 is 15.9 Å². The Kier molecular flexibility index (Phi) is 4.54. The van der Waals surface area contributed by atoms with Crippen molar-refractivity contribution < 1.29 is 4.79 Å². The van der Waals surface area contributed by atoms with Crippen LogP contribution in [0.2, 0.25) is 0 Å². The number of hydrogen-bond acceptors (Lipinski definition) is 5. The molecule has 1 aromatic rings. The van der Waals surface area contributed by atoms with Crippen molar-refractivity contribution >= 4 is 27.5 Å². The molecule has 0 atom stereocenters. The summed E-state index contributed by atoms with van der Waals surface area (Å²) < 4.78 is 1.62. The summed E-state index contributed by atoms with van der Waals surface area (Å²) in [6.07, 6.45) is 1.52. The van der Waals surface area contributed by atoms with Gasteiger partial charge in [0, 0.05) is 33.2 Å². The van der Waals surface area contributed by atoms with Gasteiger partial charge in [-0.15, -0.1) is 0 Å². The first kappa shape index (κ1) is 14.0. The van der Waals surface area contributed by atoms with E-state index in [-0.39, 0.29) is 18.0 Å². The highest BCUT2D eigenvalue weighted by Crippen LogP contribution is 2.15. The van der Waals surface area contributed by atoms with Crippen molar-refractivity contribution in [2.45, 2.75) is 0 Å². The molecule has 0 aliphatic carbocycles. The predicted molar refractivity (Wildman–Crippen MR) is 75.1 cm³/mol. The second-order valence-corrected chi connectivity index (χ2v) is 5.08. The van der Waals surface area contributed by atoms with Crippen LogP contribution in [-0.4, -0.2) is 53.3 Å². The Bertz CT molecular complexity index is 524. The Morgan fingerprint density at radius 1 is 1.53 bits per heavy atom. The second-order valence-electron chi connectivity index (χ2n) is 4.29. The van der Waals surface area contributed by atoms with Crippen LogP contribution in [0, 0.1) is 0 Å². The number of carbonyl (C=O) groups is 1. The van der Waals surface area contributed by atoms with Crippen LogP contribution < -0.4 is 16.2 Å². The first-order valence-corrected chi connectivity index (χ1v) is 6.83. The molecule has 7 nitrogen and oxygen atoms in total. The number of piperazine rings is 1. The van der Waals surface area contributed by atoms with E-state index < -0.39 is 0 Å². The topological polar surface area (TPSA) is 79.3 Å². The monoisotopic (exact) mass is 329 g/mol. The molecule has 0 aromatic carbocycles. The average molecular weight is 330 g/mol. The molecule has 1 amide bonds. The molecule has 0 bridgehead atoms. The Morgan fingerprint density at radius 3 is 2.89 bits per heavy atom. The fourth-order valence-electron chi connectivity index (χ4n) is 1.83. The number of nitrogens with zero attached hydrogens (tertiary/aromatic N) is 3. The van der Waals surface area contributed by atoms with Crippen LogP contribution in [0.4, 0.5) is 5.69 Å². The lowest BCUT2D eigenvalue weighted by atomic mass is 10.3. The van der Waals surface area contributed by atoms with E-state index >= 15 is 0 Å². The van der Waals surface area contributed by atoms with Gasteiger partial charge in [-0.25, -0.2) is 4.68 Å². The quantitative estimate of drug-likeness (QED) is 0.773. The van der Waals surface area contributed by atoms with E-state index in [1.807, 2.05) is 0 Å². The third kappa shape index (κ3) is 3.32. The standard InChI is InChI=1S/C11H16BrN5O2/c1-16-11(19)10(12)8(6-15-16)14-7-9(18)17-4-2-13-3-5-17/h6,13-14H,2-5,7H2,1H3. The maximum absolute atomic E-state index is 12.0. The van der Waals surface area contributed by atoms with E-state index in [0.29, 0.717) is 10.2 Å². The van der Waals surface area contributed by atoms with Gasteiger partial charge in [0.15, 0.2) is 0 Å². The highest BCUT2D eigenvalue weighted by molar-refractivity contribution is 9.10. The van der Waals surface area contributed by atoms with Gasteiger partial charge in [0.1, 0.15) is 4.47 Å². The number of amides is 1. The molecule has 1 aromatic heterocycles. The molecule has 2 heterocycles. The molecular formula is C11H16BrN5O2. The van der Waals surface area contributed by atoms with Crippen molar-refractivity contribution in [1.29, 1.82) is 0 Å². The summed E-state index contributed by atoms with van der Waals surface area (Å²) >= 11 is 3.21. The minimum absolute atomic E-state index is 0.0223. The van der Waals surface area contributed by atoms with Crippen LogP contribution in [0.1, 0.15) is 0 Å². The molecule has 8 heteroatoms. The molecule has 2 rings (SSSR count). The van der Waals surface area contributed by atoms with Crippen LogP contribution in [-0.2, 0) is 11.8 Å². The van der Waals surface area contributed by atoms with E-state index in [0.717, 1.165) is 26.2 Å². The largest absolute Gasteiger partial charge is 0.374 e. The van der Waals surface area contributed by atoms with Gasteiger partial charge in [0.05, 0.1) is 18.4 Å². The highest BCUT2D eigenvalue weighted by Gasteiger charge is 2.16. The van der Waals surface area contributed by atoms with Crippen molar-refractivity contribution in [3.8, 4) is 0 Å². The van der Waals surface area contributed by atoms with Gasteiger partial charge in [-0.05, 0) is 15.9 Å². The normalized spacial score (nSPS) is 15.4. The number of aromatic nitrogens is 2. The van der Waals surface area contributed by atoms with Crippen LogP contribution in [0.15, 0.2) is 15.5 Å². The number of carbonyl (C=O) groups excluding carboxylic acids is 1. The molecule has 0 radical (unpaired) electrons. The minimum atomic E-state index is -0.236. The van der Waals surface area contributed by atoms with E-state index in [2.05, 4.69) is 31.7 Å². The summed E-state index contributed by atoms with van der Waals surface area (Å²) in [6, 6.07) is 0. The number of halogens is 1. The molecule has 1 saturated heterocycles. The van der Waals surface area contributed by atoms with Crippen LogP contribution in [0.25, 0.3) is 0 Å². The summed E-state index contributed by atoms with van der Waals surface area (Å²) in [7, 11) is 1.57. The zero-order valence-electron chi connectivity index (χ0n) is 10.6. The molecule has 19 heavy (non-hydrogen) atoms. The zero-order chi connectivity index (χ0) is 13.8. The maximum Gasteiger partial charge on any atom is 0.282 e. The van der Waals surface area contributed by atoms with Gasteiger partial charge in [0.25, 0.3) is 5.56 Å². The molecular weight excluding hydrogens is 314 g/mol. The van der Waals surface area contributed by atoms with Gasteiger partial charge in [-0.3, -0.25) is 9.59 Å². The van der Waals surface area contributed by atoms with Gasteiger partial charge < -0.3 is 15.5 Å². The Balaban J connectivity index is 1.97. The molecule has 2 N–H and O–H groups in total. The third-order valence-corrected chi connectivity index (χ3v) is 3.74. The van der Waals surface area contributed by atoms with Gasteiger partial charge in [-0.1, -0.05) is 0 Å². The van der Waals surface area contributed by atoms with Crippen molar-refractivity contribution in [1.82, 2.24) is 20.0 Å². The summed E-state index contributed by atoms with van der Waals surface area (Å²) in [4.78, 5) is 25.4. The molecule has 0 unspecified atom stereocenters. The first-order chi connectivity index (χ1) is 9.09. The summed E-state index contributed by atoms with van der Waals surface area (Å²) in [5.74, 6) is 0.0223. The number of nitrogens with one attached hydrogen (secondary N) is 2. The fourth-order valence-corrected chi connectivity index (χ4v) is 2.33. The van der Waals surface area contributed by atoms with E-state index in [1.54, 1.807) is 11.9 Å². The molecule has 0 saturated carbocycles. The third-order valence-electron chi connectivity index (χ3n) is 2.98. The Hall–Kier alpha value is -1.41. The smallest absolute Gasteiger partial charge is 0.282 e. The van der Waals surface area contributed by atoms with E-state index in [1.165, 1.54) is 10.9 Å². The lowest BCUT2D eigenvalue weighted by Crippen LogP contribution is -2.48. The van der Waals surface area contributed by atoms with Gasteiger partial charge >= 0.3 is 0 Å². The van der Waals surface area contributed by atoms with E-state index in [9.17, 15) is 9.59 Å². The minimum Gasteiger partial charge on any atom is -0.374 e. The molecule has 104 valence electrons. The van der Waals surface area contributed by atoms with Gasteiger partial charge in [-0.2, -0.15) is 5.10 Å². The number of hydrogen-bond donors (Lipinski definition) is 2. The lowest BCUT2D eigenvalue weighted by Gasteiger charge is -2.27. The number of rotatable bonds is 3. The fraction of sp³-hybridized carbons (Fsp3) is 0.545. The Labute approximate surface area is 119 Å². The van der Waals surface area contributed by atoms with Crippen molar-refractivity contribution in [3.63, 3.8) is 0 Å². The van der Waals surface area contributed by atoms with Crippen LogP contribution in [0.3, 0.4) is 0 Å². The predicted octanol–water partition coefficient (Wildman–Crippen LogP) is -0.613. The zero-order valence-corrected chi connectivity index (χ0v) is 12.2. The second kappa shape index (κ2) is 6.16. The maximum atomic E-state index is 12.0. The van der Waals surface area contributed by atoms with E-state index in [4.69, 9.17) is 0 Å². The summed E-state index contributed by atoms with van der Waals surface area (Å²) in [6.45, 7) is 3.24. The van der Waals surface area contributed by atoms with Crippen molar-refractivity contribution in [2.75, 3.05) is 38.0 Å². The summed E-state index contributed by atoms with van der Waals surface area (Å²) in [5.41, 5.74) is 0.297.